The van der Waals surface area contributed by atoms with Crippen molar-refractivity contribution < 1.29 is 12.8 Å². The summed E-state index contributed by atoms with van der Waals surface area (Å²) in [5.41, 5.74) is 0. The molecule has 0 amide bonds. The Hall–Kier alpha value is -0.210. The van der Waals surface area contributed by atoms with Crippen LogP contribution in [0.1, 0.15) is 12.8 Å². The van der Waals surface area contributed by atoms with E-state index in [9.17, 15) is 12.8 Å². The van der Waals surface area contributed by atoms with Crippen molar-refractivity contribution in [3.63, 3.8) is 0 Å². The first kappa shape index (κ1) is 18.8. The van der Waals surface area contributed by atoms with Crippen LogP contribution in [0.5, 0.6) is 0 Å². The van der Waals surface area contributed by atoms with Crippen LogP contribution < -0.4 is 5.32 Å². The summed E-state index contributed by atoms with van der Waals surface area (Å²) in [6.45, 7) is 1.78. The first-order chi connectivity index (χ1) is 9.45. The second-order valence-corrected chi connectivity index (χ2v) is 7.80. The molecule has 1 saturated heterocycles. The Balaban J connectivity index is 0.00000220. The summed E-state index contributed by atoms with van der Waals surface area (Å²) < 4.78 is 40.3. The molecule has 0 saturated carbocycles. The van der Waals surface area contributed by atoms with Gasteiger partial charge >= 0.3 is 0 Å². The zero-order valence-electron chi connectivity index (χ0n) is 11.7. The maximum atomic E-state index is 13.5. The molecule has 2 rings (SSSR count). The lowest BCUT2D eigenvalue weighted by atomic mass is 10.00. The number of hydrogen-bond acceptors (Lipinski definition) is 3. The SMILES string of the molecule is CNCC1CCCN(S(=O)(=O)c2ccc(Br)c(F)c2)C1.Cl. The van der Waals surface area contributed by atoms with Gasteiger partial charge < -0.3 is 5.32 Å². The highest BCUT2D eigenvalue weighted by atomic mass is 79.9. The van der Waals surface area contributed by atoms with E-state index in [1.165, 1.54) is 16.4 Å². The maximum absolute atomic E-state index is 13.5. The predicted molar refractivity (Wildman–Crippen MR) is 86.8 cm³/mol. The molecule has 0 aliphatic carbocycles. The molecule has 1 atom stereocenters. The van der Waals surface area contributed by atoms with Gasteiger partial charge in [-0.3, -0.25) is 0 Å². The van der Waals surface area contributed by atoms with Crippen LogP contribution in [-0.4, -0.2) is 39.4 Å². The van der Waals surface area contributed by atoms with Crippen LogP contribution in [0.25, 0.3) is 0 Å². The van der Waals surface area contributed by atoms with Crippen molar-refractivity contribution >= 4 is 38.4 Å². The number of halogens is 3. The molecule has 120 valence electrons. The molecule has 1 aromatic rings. The fraction of sp³-hybridized carbons (Fsp3) is 0.538. The van der Waals surface area contributed by atoms with Crippen LogP contribution in [0.2, 0.25) is 0 Å². The van der Waals surface area contributed by atoms with E-state index in [4.69, 9.17) is 0 Å². The molecule has 8 heteroatoms. The second kappa shape index (κ2) is 7.87. The molecular formula is C13H19BrClFN2O2S. The smallest absolute Gasteiger partial charge is 0.243 e. The highest BCUT2D eigenvalue weighted by molar-refractivity contribution is 9.10. The highest BCUT2D eigenvalue weighted by Gasteiger charge is 2.30. The fourth-order valence-electron chi connectivity index (χ4n) is 2.49. The lowest BCUT2D eigenvalue weighted by molar-refractivity contribution is 0.263. The average Bonchev–Trinajstić information content (AvgIpc) is 2.42. The monoisotopic (exact) mass is 400 g/mol. The van der Waals surface area contributed by atoms with Crippen molar-refractivity contribution in [2.24, 2.45) is 5.92 Å². The molecule has 1 aromatic carbocycles. The van der Waals surface area contributed by atoms with Crippen molar-refractivity contribution in [2.75, 3.05) is 26.7 Å². The number of nitrogens with zero attached hydrogens (tertiary/aromatic N) is 1. The van der Waals surface area contributed by atoms with Gasteiger partial charge in [0, 0.05) is 13.1 Å². The third-order valence-electron chi connectivity index (χ3n) is 3.50. The Bertz CT molecular complexity index is 584. The molecule has 1 N–H and O–H groups in total. The van der Waals surface area contributed by atoms with Gasteiger partial charge in [0.15, 0.2) is 0 Å². The summed E-state index contributed by atoms with van der Waals surface area (Å²) in [6, 6.07) is 3.93. The van der Waals surface area contributed by atoms with Gasteiger partial charge in [-0.05, 0) is 66.5 Å². The second-order valence-electron chi connectivity index (χ2n) is 5.00. The third-order valence-corrected chi connectivity index (χ3v) is 6.01. The van der Waals surface area contributed by atoms with Gasteiger partial charge in [-0.15, -0.1) is 12.4 Å². The fourth-order valence-corrected chi connectivity index (χ4v) is 4.30. The van der Waals surface area contributed by atoms with Crippen molar-refractivity contribution in [3.8, 4) is 0 Å². The first-order valence-corrected chi connectivity index (χ1v) is 8.78. The molecule has 1 aliphatic heterocycles. The van der Waals surface area contributed by atoms with E-state index >= 15 is 0 Å². The summed E-state index contributed by atoms with van der Waals surface area (Å²) in [5, 5.41) is 3.08. The topological polar surface area (TPSA) is 49.4 Å². The van der Waals surface area contributed by atoms with Gasteiger partial charge in [0.25, 0.3) is 0 Å². The van der Waals surface area contributed by atoms with Gasteiger partial charge in [0.1, 0.15) is 5.82 Å². The number of hydrogen-bond donors (Lipinski definition) is 1. The molecule has 1 aliphatic rings. The molecular weight excluding hydrogens is 383 g/mol. The van der Waals surface area contributed by atoms with Crippen LogP contribution in [0, 0.1) is 11.7 Å². The Labute approximate surface area is 139 Å². The Morgan fingerprint density at radius 2 is 2.19 bits per heavy atom. The van der Waals surface area contributed by atoms with Crippen molar-refractivity contribution in [2.45, 2.75) is 17.7 Å². The molecule has 0 bridgehead atoms. The van der Waals surface area contributed by atoms with Crippen molar-refractivity contribution in [1.29, 1.82) is 0 Å². The summed E-state index contributed by atoms with van der Waals surface area (Å²) in [4.78, 5) is 0.0170. The van der Waals surface area contributed by atoms with Crippen LogP contribution >= 0.6 is 28.3 Å². The van der Waals surface area contributed by atoms with Crippen molar-refractivity contribution in [1.82, 2.24) is 9.62 Å². The minimum atomic E-state index is -3.61. The number of nitrogens with one attached hydrogen (secondary N) is 1. The largest absolute Gasteiger partial charge is 0.319 e. The predicted octanol–water partition coefficient (Wildman–Crippen LogP) is 2.63. The zero-order valence-corrected chi connectivity index (χ0v) is 14.9. The number of sulfonamides is 1. The van der Waals surface area contributed by atoms with E-state index < -0.39 is 15.8 Å². The van der Waals surface area contributed by atoms with Crippen molar-refractivity contribution in [3.05, 3.63) is 28.5 Å². The Morgan fingerprint density at radius 3 is 2.81 bits per heavy atom. The van der Waals surface area contributed by atoms with E-state index in [0.29, 0.717) is 19.0 Å². The van der Waals surface area contributed by atoms with E-state index in [1.54, 1.807) is 0 Å². The van der Waals surface area contributed by atoms with E-state index in [1.807, 2.05) is 7.05 Å². The zero-order chi connectivity index (χ0) is 14.8. The van der Waals surface area contributed by atoms with Crippen LogP contribution in [0.4, 0.5) is 4.39 Å². The quantitative estimate of drug-likeness (QED) is 0.844. The molecule has 1 heterocycles. The highest BCUT2D eigenvalue weighted by Crippen LogP contribution is 2.25. The Morgan fingerprint density at radius 1 is 1.48 bits per heavy atom. The number of benzene rings is 1. The van der Waals surface area contributed by atoms with Gasteiger partial charge in [-0.1, -0.05) is 0 Å². The van der Waals surface area contributed by atoms with Gasteiger partial charge in [-0.25, -0.2) is 12.8 Å². The maximum Gasteiger partial charge on any atom is 0.243 e. The van der Waals surface area contributed by atoms with Crippen LogP contribution in [0.3, 0.4) is 0 Å². The lowest BCUT2D eigenvalue weighted by Gasteiger charge is -2.31. The standard InChI is InChI=1S/C13H18BrFN2O2S.ClH/c1-16-8-10-3-2-6-17(9-10)20(18,19)11-4-5-12(14)13(15)7-11;/h4-5,7,10,16H,2-3,6,8-9H2,1H3;1H. The minimum absolute atomic E-state index is 0. The average molecular weight is 402 g/mol. The minimum Gasteiger partial charge on any atom is -0.319 e. The molecule has 21 heavy (non-hydrogen) atoms. The summed E-state index contributed by atoms with van der Waals surface area (Å²) in [7, 11) is -1.75. The summed E-state index contributed by atoms with van der Waals surface area (Å²) in [5.74, 6) is -0.251. The van der Waals surface area contributed by atoms with Gasteiger partial charge in [0.2, 0.25) is 10.0 Å². The first-order valence-electron chi connectivity index (χ1n) is 6.55. The third kappa shape index (κ3) is 4.39. The van der Waals surface area contributed by atoms with E-state index in [2.05, 4.69) is 21.2 Å². The van der Waals surface area contributed by atoms with Crippen LogP contribution in [0.15, 0.2) is 27.6 Å². The van der Waals surface area contributed by atoms with Crippen LogP contribution in [-0.2, 0) is 10.0 Å². The molecule has 0 radical (unpaired) electrons. The van der Waals surface area contributed by atoms with E-state index in [-0.39, 0.29) is 21.8 Å². The van der Waals surface area contributed by atoms with E-state index in [0.717, 1.165) is 25.5 Å². The molecule has 0 spiro atoms. The molecule has 1 unspecified atom stereocenters. The van der Waals surface area contributed by atoms with Gasteiger partial charge in [0.05, 0.1) is 9.37 Å². The normalized spacial score (nSPS) is 20.0. The molecule has 0 aromatic heterocycles. The molecule has 4 nitrogen and oxygen atoms in total. The summed E-state index contributed by atoms with van der Waals surface area (Å²) in [6.07, 6.45) is 1.85. The number of piperidine rings is 1. The lowest BCUT2D eigenvalue weighted by Crippen LogP contribution is -2.42. The summed E-state index contributed by atoms with van der Waals surface area (Å²) >= 11 is 3.03. The number of rotatable bonds is 4. The Kier molecular flexibility index (Phi) is 7.06. The van der Waals surface area contributed by atoms with Gasteiger partial charge in [-0.2, -0.15) is 4.31 Å². The molecule has 1 fully saturated rings.